The van der Waals surface area contributed by atoms with Crippen molar-refractivity contribution in [2.45, 2.75) is 71.0 Å². The fourth-order valence-corrected chi connectivity index (χ4v) is 4.62. The van der Waals surface area contributed by atoms with Crippen LogP contribution >= 0.6 is 0 Å². The monoisotopic (exact) mass is 446 g/mol. The zero-order valence-electron chi connectivity index (χ0n) is 20.4. The first-order valence-electron chi connectivity index (χ1n) is 12.2. The average Bonchev–Trinajstić information content (AvgIpc) is 2.83. The minimum absolute atomic E-state index is 0.249. The van der Waals surface area contributed by atoms with Crippen molar-refractivity contribution < 1.29 is 14.6 Å². The number of rotatable bonds is 12. The Labute approximate surface area is 199 Å². The highest BCUT2D eigenvalue weighted by atomic mass is 16.7. The molecule has 0 heterocycles. The molecule has 0 amide bonds. The SMILES string of the molecule is CCOC(C)Oc1ccc(C(CC)CC(CC(C)c2ccccc2)c2ccc(O)cc2)cc1. The van der Waals surface area contributed by atoms with Gasteiger partial charge in [0.1, 0.15) is 11.5 Å². The van der Waals surface area contributed by atoms with E-state index in [9.17, 15) is 5.11 Å². The number of hydrogen-bond acceptors (Lipinski definition) is 3. The molecule has 33 heavy (non-hydrogen) atoms. The highest BCUT2D eigenvalue weighted by Gasteiger charge is 2.22. The van der Waals surface area contributed by atoms with Crippen LogP contribution in [0.2, 0.25) is 0 Å². The maximum Gasteiger partial charge on any atom is 0.196 e. The number of phenolic OH excluding ortho intramolecular Hbond substituents is 1. The van der Waals surface area contributed by atoms with Crippen molar-refractivity contribution >= 4 is 0 Å². The van der Waals surface area contributed by atoms with Crippen LogP contribution in [-0.2, 0) is 4.74 Å². The van der Waals surface area contributed by atoms with Crippen LogP contribution < -0.4 is 4.74 Å². The van der Waals surface area contributed by atoms with E-state index in [1.807, 2.05) is 26.0 Å². The maximum atomic E-state index is 9.81. The normalized spacial score (nSPS) is 14.9. The maximum absolute atomic E-state index is 9.81. The van der Waals surface area contributed by atoms with Gasteiger partial charge < -0.3 is 14.6 Å². The molecule has 0 saturated heterocycles. The van der Waals surface area contributed by atoms with Crippen LogP contribution in [0.15, 0.2) is 78.9 Å². The summed E-state index contributed by atoms with van der Waals surface area (Å²) in [5.41, 5.74) is 4.00. The number of benzene rings is 3. The molecule has 0 aliphatic carbocycles. The molecule has 0 saturated carbocycles. The fourth-order valence-electron chi connectivity index (χ4n) is 4.62. The summed E-state index contributed by atoms with van der Waals surface area (Å²) in [4.78, 5) is 0. The van der Waals surface area contributed by atoms with Crippen LogP contribution in [0.4, 0.5) is 0 Å². The summed E-state index contributed by atoms with van der Waals surface area (Å²) in [6.45, 7) is 9.10. The van der Waals surface area contributed by atoms with Gasteiger partial charge in [-0.25, -0.2) is 0 Å². The molecule has 3 rings (SSSR count). The van der Waals surface area contributed by atoms with Crippen molar-refractivity contribution in [3.8, 4) is 11.5 Å². The second kappa shape index (κ2) is 12.5. The van der Waals surface area contributed by atoms with Gasteiger partial charge in [0.05, 0.1) is 0 Å². The van der Waals surface area contributed by atoms with E-state index in [0.29, 0.717) is 30.1 Å². The summed E-state index contributed by atoms with van der Waals surface area (Å²) in [5, 5.41) is 9.81. The van der Waals surface area contributed by atoms with E-state index in [-0.39, 0.29) is 6.29 Å². The quantitative estimate of drug-likeness (QED) is 0.286. The van der Waals surface area contributed by atoms with Gasteiger partial charge in [0.15, 0.2) is 6.29 Å². The Morgan fingerprint density at radius 2 is 1.30 bits per heavy atom. The molecule has 4 atom stereocenters. The van der Waals surface area contributed by atoms with Crippen molar-refractivity contribution in [2.24, 2.45) is 0 Å². The molecule has 3 heteroatoms. The Morgan fingerprint density at radius 1 is 0.697 bits per heavy atom. The van der Waals surface area contributed by atoms with Crippen LogP contribution in [0, 0.1) is 0 Å². The first kappa shape index (κ1) is 24.9. The van der Waals surface area contributed by atoms with E-state index in [2.05, 4.69) is 80.6 Å². The van der Waals surface area contributed by atoms with Crippen LogP contribution in [0.3, 0.4) is 0 Å². The van der Waals surface area contributed by atoms with Gasteiger partial charge in [-0.2, -0.15) is 0 Å². The molecule has 0 aliphatic heterocycles. The summed E-state index contributed by atoms with van der Waals surface area (Å²) in [6.07, 6.45) is 2.96. The summed E-state index contributed by atoms with van der Waals surface area (Å²) in [7, 11) is 0. The standard InChI is InChI=1S/C30H38O3/c1-5-24(26-14-18-30(19-15-26)33-23(4)32-6-2)21-28(27-12-16-29(31)17-13-27)20-22(3)25-10-8-7-9-11-25/h7-19,22-24,28,31H,5-6,20-21H2,1-4H3. The zero-order chi connectivity index (χ0) is 23.6. The fraction of sp³-hybridized carbons (Fsp3) is 0.400. The lowest BCUT2D eigenvalue weighted by Gasteiger charge is -2.27. The Kier molecular flexibility index (Phi) is 9.38. The molecular formula is C30H38O3. The van der Waals surface area contributed by atoms with Gasteiger partial charge in [0, 0.05) is 6.61 Å². The van der Waals surface area contributed by atoms with E-state index in [4.69, 9.17) is 9.47 Å². The molecule has 0 fully saturated rings. The van der Waals surface area contributed by atoms with Crippen molar-refractivity contribution in [1.82, 2.24) is 0 Å². The first-order valence-corrected chi connectivity index (χ1v) is 12.2. The zero-order valence-corrected chi connectivity index (χ0v) is 20.4. The van der Waals surface area contributed by atoms with Crippen LogP contribution in [-0.4, -0.2) is 18.0 Å². The van der Waals surface area contributed by atoms with Gasteiger partial charge >= 0.3 is 0 Å². The van der Waals surface area contributed by atoms with Crippen molar-refractivity contribution in [3.63, 3.8) is 0 Å². The minimum atomic E-state index is -0.249. The molecule has 176 valence electrons. The van der Waals surface area contributed by atoms with Crippen molar-refractivity contribution in [2.75, 3.05) is 6.61 Å². The van der Waals surface area contributed by atoms with E-state index in [1.54, 1.807) is 0 Å². The third kappa shape index (κ3) is 7.36. The van der Waals surface area contributed by atoms with Gasteiger partial charge in [0.25, 0.3) is 0 Å². The second-order valence-corrected chi connectivity index (χ2v) is 8.89. The summed E-state index contributed by atoms with van der Waals surface area (Å²) in [5.74, 6) is 2.46. The van der Waals surface area contributed by atoms with Crippen molar-refractivity contribution in [3.05, 3.63) is 95.6 Å². The molecule has 0 spiro atoms. The number of ether oxygens (including phenoxy) is 2. The average molecular weight is 447 g/mol. The third-order valence-corrected chi connectivity index (χ3v) is 6.49. The lowest BCUT2D eigenvalue weighted by molar-refractivity contribution is -0.0613. The Bertz CT molecular complexity index is 935. The topological polar surface area (TPSA) is 38.7 Å². The van der Waals surface area contributed by atoms with Crippen LogP contribution in [0.5, 0.6) is 11.5 Å². The van der Waals surface area contributed by atoms with Gasteiger partial charge in [-0.3, -0.25) is 0 Å². The summed E-state index contributed by atoms with van der Waals surface area (Å²) in [6, 6.07) is 27.0. The molecule has 0 radical (unpaired) electrons. The minimum Gasteiger partial charge on any atom is -0.508 e. The Hall–Kier alpha value is -2.78. The molecule has 0 aromatic heterocycles. The van der Waals surface area contributed by atoms with Crippen molar-refractivity contribution in [1.29, 1.82) is 0 Å². The van der Waals surface area contributed by atoms with E-state index in [1.165, 1.54) is 16.7 Å². The molecule has 3 aromatic carbocycles. The molecule has 3 aromatic rings. The van der Waals surface area contributed by atoms with Gasteiger partial charge in [-0.1, -0.05) is 68.4 Å². The molecule has 0 bridgehead atoms. The van der Waals surface area contributed by atoms with Gasteiger partial charge in [-0.15, -0.1) is 0 Å². The number of aromatic hydroxyl groups is 1. The first-order chi connectivity index (χ1) is 16.0. The summed E-state index contributed by atoms with van der Waals surface area (Å²) >= 11 is 0. The molecular weight excluding hydrogens is 408 g/mol. The number of phenols is 1. The molecule has 4 unspecified atom stereocenters. The van der Waals surface area contributed by atoms with E-state index in [0.717, 1.165) is 25.0 Å². The third-order valence-electron chi connectivity index (χ3n) is 6.49. The van der Waals surface area contributed by atoms with Gasteiger partial charge in [-0.05, 0) is 91.8 Å². The smallest absolute Gasteiger partial charge is 0.196 e. The molecule has 0 aliphatic rings. The van der Waals surface area contributed by atoms with Gasteiger partial charge in [0.2, 0.25) is 0 Å². The number of hydrogen-bond donors (Lipinski definition) is 1. The Morgan fingerprint density at radius 3 is 1.91 bits per heavy atom. The lowest BCUT2D eigenvalue weighted by Crippen LogP contribution is -2.16. The predicted octanol–water partition coefficient (Wildman–Crippen LogP) is 8.01. The highest BCUT2D eigenvalue weighted by molar-refractivity contribution is 5.32. The van der Waals surface area contributed by atoms with E-state index >= 15 is 0 Å². The molecule has 1 N–H and O–H groups in total. The molecule has 3 nitrogen and oxygen atoms in total. The lowest BCUT2D eigenvalue weighted by atomic mass is 9.78. The van der Waals surface area contributed by atoms with Crippen LogP contribution in [0.25, 0.3) is 0 Å². The summed E-state index contributed by atoms with van der Waals surface area (Å²) < 4.78 is 11.3. The predicted molar refractivity (Wildman–Crippen MR) is 136 cm³/mol. The van der Waals surface area contributed by atoms with Crippen LogP contribution in [0.1, 0.15) is 81.4 Å². The van der Waals surface area contributed by atoms with E-state index < -0.39 is 0 Å². The second-order valence-electron chi connectivity index (χ2n) is 8.89. The Balaban J connectivity index is 1.77. The highest BCUT2D eigenvalue weighted by Crippen LogP contribution is 2.39. The largest absolute Gasteiger partial charge is 0.508 e.